The lowest BCUT2D eigenvalue weighted by Crippen LogP contribution is -2.20. The molecule has 0 amide bonds. The summed E-state index contributed by atoms with van der Waals surface area (Å²) in [5.74, 6) is -0.615. The van der Waals surface area contributed by atoms with Crippen LogP contribution in [-0.4, -0.2) is 31.6 Å². The van der Waals surface area contributed by atoms with Crippen LogP contribution in [0, 0.1) is 18.3 Å². The van der Waals surface area contributed by atoms with Crippen LogP contribution in [0.25, 0.3) is 0 Å². The lowest BCUT2D eigenvalue weighted by molar-refractivity contribution is -0.132. The van der Waals surface area contributed by atoms with Gasteiger partial charge in [0.25, 0.3) is 0 Å². The third kappa shape index (κ3) is 4.74. The fraction of sp³-hybridized carbons (Fsp3) is 0.238. The minimum Gasteiger partial charge on any atom is -0.464 e. The number of methoxy groups -OCH3 is 1. The summed E-state index contributed by atoms with van der Waals surface area (Å²) in [5.41, 5.74) is 4.01. The topological polar surface area (TPSA) is 93.3 Å². The summed E-state index contributed by atoms with van der Waals surface area (Å²) < 4.78 is 4.79. The summed E-state index contributed by atoms with van der Waals surface area (Å²) in [6.45, 7) is 3.76. The maximum atomic E-state index is 12.1. The van der Waals surface area contributed by atoms with Crippen molar-refractivity contribution in [3.63, 3.8) is 0 Å². The average Bonchev–Trinajstić information content (AvgIpc) is 2.72. The normalized spacial score (nSPS) is 11.5. The number of nitriles is 1. The molecule has 2 rings (SSSR count). The highest BCUT2D eigenvalue weighted by molar-refractivity contribution is 6.43. The van der Waals surface area contributed by atoms with Gasteiger partial charge in [-0.1, -0.05) is 46.7 Å². The van der Waals surface area contributed by atoms with Gasteiger partial charge in [-0.05, 0) is 25.5 Å². The number of hydrogen-bond acceptors (Lipinski definition) is 7. The van der Waals surface area contributed by atoms with Crippen molar-refractivity contribution in [2.24, 2.45) is 10.3 Å². The van der Waals surface area contributed by atoms with Crippen molar-refractivity contribution in [1.29, 1.82) is 5.26 Å². The maximum Gasteiger partial charge on any atom is 0.360 e. The lowest BCUT2D eigenvalue weighted by atomic mass is 9.99. The number of carbonyl (C=O) groups is 1. The summed E-state index contributed by atoms with van der Waals surface area (Å²) in [7, 11) is 2.63. The molecule has 0 spiro atoms. The number of nitrogens with zero attached hydrogens (tertiary/aromatic N) is 3. The second kappa shape index (κ2) is 9.88. The number of esters is 1. The van der Waals surface area contributed by atoms with Crippen molar-refractivity contribution in [2.45, 2.75) is 20.5 Å². The van der Waals surface area contributed by atoms with Gasteiger partial charge in [0.05, 0.1) is 24.5 Å². The summed E-state index contributed by atoms with van der Waals surface area (Å²) >= 11 is 0. The maximum absolute atomic E-state index is 12.1. The van der Waals surface area contributed by atoms with E-state index in [9.17, 15) is 10.1 Å². The first kappa shape index (κ1) is 20.6. The number of rotatable bonds is 7. The van der Waals surface area contributed by atoms with Crippen LogP contribution in [0.15, 0.2) is 52.8 Å². The molecule has 0 aliphatic heterocycles. The number of carbonyl (C=O) groups excluding carboxylic acids is 1. The summed E-state index contributed by atoms with van der Waals surface area (Å²) in [6.07, 6.45) is 0. The van der Waals surface area contributed by atoms with Gasteiger partial charge in [-0.2, -0.15) is 5.26 Å². The molecule has 0 unspecified atom stereocenters. The van der Waals surface area contributed by atoms with E-state index >= 15 is 0 Å². The number of hydrogen-bond donors (Lipinski definition) is 0. The molecule has 0 aromatic heterocycles. The molecule has 0 aliphatic rings. The van der Waals surface area contributed by atoms with Crippen LogP contribution >= 0.6 is 0 Å². The molecule has 0 radical (unpaired) electrons. The van der Waals surface area contributed by atoms with E-state index in [2.05, 4.69) is 16.4 Å². The molecule has 0 atom stereocenters. The smallest absolute Gasteiger partial charge is 0.360 e. The fourth-order valence-corrected chi connectivity index (χ4v) is 2.64. The molecule has 0 bridgehead atoms. The Morgan fingerprint density at radius 2 is 1.79 bits per heavy atom. The Hall–Kier alpha value is -3.66. The van der Waals surface area contributed by atoms with E-state index in [0.29, 0.717) is 22.4 Å². The molecule has 2 aromatic carbocycles. The van der Waals surface area contributed by atoms with Gasteiger partial charge in [-0.15, -0.1) is 0 Å². The molecule has 0 saturated carbocycles. The molecule has 0 saturated heterocycles. The van der Waals surface area contributed by atoms with Gasteiger partial charge in [-0.3, -0.25) is 0 Å². The van der Waals surface area contributed by atoms with Gasteiger partial charge in [0.1, 0.15) is 13.7 Å². The quantitative estimate of drug-likeness (QED) is 0.418. The predicted molar refractivity (Wildman–Crippen MR) is 105 cm³/mol. The van der Waals surface area contributed by atoms with Gasteiger partial charge in [0.2, 0.25) is 0 Å². The summed E-state index contributed by atoms with van der Waals surface area (Å²) in [4.78, 5) is 22.4. The molecule has 0 heterocycles. The van der Waals surface area contributed by atoms with Crippen molar-refractivity contribution >= 4 is 17.4 Å². The van der Waals surface area contributed by atoms with Crippen molar-refractivity contribution in [3.8, 4) is 6.07 Å². The molecule has 7 nitrogen and oxygen atoms in total. The van der Waals surface area contributed by atoms with Gasteiger partial charge in [0.15, 0.2) is 5.71 Å². The molecule has 0 aliphatic carbocycles. The molecule has 0 N–H and O–H groups in total. The van der Waals surface area contributed by atoms with Crippen molar-refractivity contribution in [3.05, 3.63) is 70.3 Å². The van der Waals surface area contributed by atoms with Crippen LogP contribution < -0.4 is 0 Å². The largest absolute Gasteiger partial charge is 0.464 e. The van der Waals surface area contributed by atoms with E-state index in [4.69, 9.17) is 14.4 Å². The molecule has 28 heavy (non-hydrogen) atoms. The van der Waals surface area contributed by atoms with Crippen molar-refractivity contribution in [1.82, 2.24) is 0 Å². The highest BCUT2D eigenvalue weighted by Crippen LogP contribution is 2.18. The molecule has 144 valence electrons. The van der Waals surface area contributed by atoms with Gasteiger partial charge >= 0.3 is 5.97 Å². The predicted octanol–water partition coefficient (Wildman–Crippen LogP) is 3.33. The standard InChI is InChI=1S/C21H21N3O4/c1-14-8-7-11-18(20(24-27-4)21(25)26-3)19(14)13-28-23-15(2)17-10-6-5-9-16(17)12-22/h5-11H,13H2,1-4H3/b23-15+,24-20+. The second-order valence-corrected chi connectivity index (χ2v) is 5.82. The van der Waals surface area contributed by atoms with Gasteiger partial charge in [0, 0.05) is 16.7 Å². The van der Waals surface area contributed by atoms with Crippen LogP contribution in [-0.2, 0) is 25.8 Å². The first-order valence-corrected chi connectivity index (χ1v) is 8.47. The van der Waals surface area contributed by atoms with E-state index in [1.54, 1.807) is 37.3 Å². The minimum atomic E-state index is -0.615. The number of oxime groups is 2. The van der Waals surface area contributed by atoms with Crippen LogP contribution in [0.1, 0.15) is 34.7 Å². The SMILES string of the molecule is CO/N=C(/C(=O)OC)c1cccc(C)c1CO/N=C(\C)c1ccccc1C#N. The third-order valence-corrected chi connectivity index (χ3v) is 4.07. The Balaban J connectivity index is 2.31. The van der Waals surface area contributed by atoms with Crippen LogP contribution in [0.5, 0.6) is 0 Å². The monoisotopic (exact) mass is 379 g/mol. The first-order chi connectivity index (χ1) is 13.5. The lowest BCUT2D eigenvalue weighted by Gasteiger charge is -2.12. The van der Waals surface area contributed by atoms with Crippen LogP contribution in [0.3, 0.4) is 0 Å². The minimum absolute atomic E-state index is 0.0443. The second-order valence-electron chi connectivity index (χ2n) is 5.82. The van der Waals surface area contributed by atoms with Crippen molar-refractivity contribution in [2.75, 3.05) is 14.2 Å². The van der Waals surface area contributed by atoms with Crippen molar-refractivity contribution < 1.29 is 19.2 Å². The zero-order valence-corrected chi connectivity index (χ0v) is 16.2. The Bertz CT molecular complexity index is 958. The zero-order chi connectivity index (χ0) is 20.5. The molecular formula is C21H21N3O4. The fourth-order valence-electron chi connectivity index (χ4n) is 2.64. The molecule has 2 aromatic rings. The Morgan fingerprint density at radius 3 is 2.46 bits per heavy atom. The molecule has 7 heteroatoms. The van der Waals surface area contributed by atoms with E-state index in [0.717, 1.165) is 11.1 Å². The van der Waals surface area contributed by atoms with E-state index in [1.807, 2.05) is 19.1 Å². The summed E-state index contributed by atoms with van der Waals surface area (Å²) in [5, 5.41) is 17.1. The first-order valence-electron chi connectivity index (χ1n) is 8.47. The Morgan fingerprint density at radius 1 is 1.07 bits per heavy atom. The molecule has 0 fully saturated rings. The third-order valence-electron chi connectivity index (χ3n) is 4.07. The number of aryl methyl sites for hydroxylation is 1. The van der Waals surface area contributed by atoms with E-state index in [1.165, 1.54) is 14.2 Å². The van der Waals surface area contributed by atoms with Gasteiger partial charge in [-0.25, -0.2) is 4.79 Å². The highest BCUT2D eigenvalue weighted by Gasteiger charge is 2.20. The van der Waals surface area contributed by atoms with Crippen LogP contribution in [0.2, 0.25) is 0 Å². The Labute approximate surface area is 163 Å². The van der Waals surface area contributed by atoms with Crippen LogP contribution in [0.4, 0.5) is 0 Å². The average molecular weight is 379 g/mol. The number of benzene rings is 2. The van der Waals surface area contributed by atoms with E-state index < -0.39 is 5.97 Å². The van der Waals surface area contributed by atoms with Gasteiger partial charge < -0.3 is 14.4 Å². The number of ether oxygens (including phenoxy) is 1. The zero-order valence-electron chi connectivity index (χ0n) is 16.2. The van der Waals surface area contributed by atoms with E-state index in [-0.39, 0.29) is 12.3 Å². The Kier molecular flexibility index (Phi) is 7.28. The molecular weight excluding hydrogens is 358 g/mol. The summed E-state index contributed by atoms with van der Waals surface area (Å²) in [6, 6.07) is 14.7. The highest BCUT2D eigenvalue weighted by atomic mass is 16.6.